The van der Waals surface area contributed by atoms with Crippen molar-refractivity contribution in [3.8, 4) is 11.3 Å². The largest absolute Gasteiger partial charge is 0.396 e. The highest BCUT2D eigenvalue weighted by atomic mass is 19.1. The zero-order valence-corrected chi connectivity index (χ0v) is 16.3. The van der Waals surface area contributed by atoms with Gasteiger partial charge in [0.15, 0.2) is 5.82 Å². The van der Waals surface area contributed by atoms with E-state index in [0.29, 0.717) is 18.9 Å². The van der Waals surface area contributed by atoms with Crippen molar-refractivity contribution >= 4 is 17.5 Å². The van der Waals surface area contributed by atoms with E-state index in [1.807, 2.05) is 6.92 Å². The molecule has 4 rings (SSSR count). The average Bonchev–Trinajstić information content (AvgIpc) is 3.21. The van der Waals surface area contributed by atoms with Crippen molar-refractivity contribution in [3.63, 3.8) is 0 Å². The number of pyridine rings is 1. The summed E-state index contributed by atoms with van der Waals surface area (Å²) in [6.45, 7) is 2.93. The molecule has 0 radical (unpaired) electrons. The first kappa shape index (κ1) is 19.7. The van der Waals surface area contributed by atoms with Crippen LogP contribution in [0, 0.1) is 18.6 Å². The van der Waals surface area contributed by atoms with E-state index in [9.17, 15) is 13.6 Å². The summed E-state index contributed by atoms with van der Waals surface area (Å²) >= 11 is 0. The van der Waals surface area contributed by atoms with Gasteiger partial charge >= 0.3 is 6.03 Å². The number of hydrogen-bond donors (Lipinski definition) is 2. The van der Waals surface area contributed by atoms with Crippen molar-refractivity contribution in [2.45, 2.75) is 19.3 Å². The van der Waals surface area contributed by atoms with Gasteiger partial charge < -0.3 is 10.6 Å². The van der Waals surface area contributed by atoms with Crippen LogP contribution in [0.25, 0.3) is 11.3 Å². The van der Waals surface area contributed by atoms with Gasteiger partial charge in [0.25, 0.3) is 0 Å². The number of aromatic nitrogens is 3. The third kappa shape index (κ3) is 4.05. The van der Waals surface area contributed by atoms with E-state index in [1.54, 1.807) is 17.3 Å². The molecule has 154 valence electrons. The Morgan fingerprint density at radius 2 is 1.97 bits per heavy atom. The number of urea groups is 1. The lowest BCUT2D eigenvalue weighted by atomic mass is 10.1. The molecule has 3 aromatic rings. The molecule has 9 heteroatoms. The summed E-state index contributed by atoms with van der Waals surface area (Å²) in [5.74, 6) is -0.536. The van der Waals surface area contributed by atoms with Gasteiger partial charge in [-0.25, -0.2) is 28.5 Å². The van der Waals surface area contributed by atoms with Crippen LogP contribution in [0.1, 0.15) is 23.7 Å². The molecule has 1 aromatic carbocycles. The fourth-order valence-electron chi connectivity index (χ4n) is 3.37. The number of benzene rings is 1. The number of likely N-dealkylation sites (tertiary alicyclic amines) is 1. The number of nitrogens with zero attached hydrogens (tertiary/aromatic N) is 4. The number of rotatable bonds is 3. The van der Waals surface area contributed by atoms with Gasteiger partial charge in [-0.2, -0.15) is 0 Å². The smallest absolute Gasteiger partial charge is 0.323 e. The highest BCUT2D eigenvalue weighted by Crippen LogP contribution is 2.28. The molecule has 0 bridgehead atoms. The summed E-state index contributed by atoms with van der Waals surface area (Å²) in [5.41, 5.74) is 7.52. The van der Waals surface area contributed by atoms with Crippen molar-refractivity contribution in [2.75, 3.05) is 24.1 Å². The van der Waals surface area contributed by atoms with Crippen LogP contribution in [0.2, 0.25) is 0 Å². The van der Waals surface area contributed by atoms with Crippen molar-refractivity contribution in [2.24, 2.45) is 0 Å². The van der Waals surface area contributed by atoms with Gasteiger partial charge in [0.2, 0.25) is 0 Å². The molecular weight excluding hydrogens is 390 g/mol. The zero-order valence-electron chi connectivity index (χ0n) is 16.3. The van der Waals surface area contributed by atoms with E-state index < -0.39 is 11.6 Å². The summed E-state index contributed by atoms with van der Waals surface area (Å²) in [6.07, 6.45) is 4.27. The number of anilines is 2. The second kappa shape index (κ2) is 8.02. The van der Waals surface area contributed by atoms with E-state index in [0.717, 1.165) is 24.1 Å². The number of carbonyl (C=O) groups excluding carboxylic acids is 1. The summed E-state index contributed by atoms with van der Waals surface area (Å²) in [6, 6.07) is 5.90. The first-order valence-electron chi connectivity index (χ1n) is 9.47. The number of hydrogen-bond acceptors (Lipinski definition) is 5. The maximum Gasteiger partial charge on any atom is 0.323 e. The molecule has 3 heterocycles. The monoisotopic (exact) mass is 410 g/mol. The SMILES string of the molecule is Cc1cnc(C2CCN(C(=O)Nc3nc(-c4ccc(F)cc4F)ccc3N)C2)nc1. The number of halogens is 2. The summed E-state index contributed by atoms with van der Waals surface area (Å²) < 4.78 is 27.3. The first-order valence-corrected chi connectivity index (χ1v) is 9.47. The molecule has 2 amide bonds. The highest BCUT2D eigenvalue weighted by Gasteiger charge is 2.29. The molecule has 0 saturated carbocycles. The third-order valence-corrected chi connectivity index (χ3v) is 5.00. The Kier molecular flexibility index (Phi) is 5.26. The van der Waals surface area contributed by atoms with E-state index in [-0.39, 0.29) is 34.7 Å². The predicted octanol–water partition coefficient (Wildman–Crippen LogP) is 3.73. The van der Waals surface area contributed by atoms with Crippen molar-refractivity contribution < 1.29 is 13.6 Å². The lowest BCUT2D eigenvalue weighted by molar-refractivity contribution is 0.222. The number of carbonyl (C=O) groups is 1. The predicted molar refractivity (Wildman–Crippen MR) is 109 cm³/mol. The van der Waals surface area contributed by atoms with E-state index in [2.05, 4.69) is 20.3 Å². The van der Waals surface area contributed by atoms with Crippen LogP contribution in [0.4, 0.5) is 25.1 Å². The number of amides is 2. The van der Waals surface area contributed by atoms with Crippen LogP contribution in [0.15, 0.2) is 42.7 Å². The zero-order chi connectivity index (χ0) is 21.3. The maximum absolute atomic E-state index is 14.1. The molecule has 7 nitrogen and oxygen atoms in total. The normalized spacial score (nSPS) is 16.0. The number of nitrogens with one attached hydrogen (secondary N) is 1. The highest BCUT2D eigenvalue weighted by molar-refractivity contribution is 5.92. The fourth-order valence-corrected chi connectivity index (χ4v) is 3.37. The minimum atomic E-state index is -0.745. The Labute approximate surface area is 172 Å². The molecule has 1 fully saturated rings. The van der Waals surface area contributed by atoms with Crippen molar-refractivity contribution in [3.05, 3.63) is 65.7 Å². The Bertz CT molecular complexity index is 1090. The van der Waals surface area contributed by atoms with Crippen LogP contribution in [-0.4, -0.2) is 39.0 Å². The van der Waals surface area contributed by atoms with Crippen LogP contribution in [0.5, 0.6) is 0 Å². The molecule has 0 aliphatic carbocycles. The lowest BCUT2D eigenvalue weighted by Gasteiger charge is -2.18. The molecular formula is C21H20F2N6O. The van der Waals surface area contributed by atoms with E-state index in [1.165, 1.54) is 18.2 Å². The van der Waals surface area contributed by atoms with Crippen LogP contribution in [0.3, 0.4) is 0 Å². The second-order valence-electron chi connectivity index (χ2n) is 7.24. The quantitative estimate of drug-likeness (QED) is 0.686. The number of nitrogens with two attached hydrogens (primary N) is 1. The minimum absolute atomic E-state index is 0.0568. The summed E-state index contributed by atoms with van der Waals surface area (Å²) in [7, 11) is 0. The van der Waals surface area contributed by atoms with Crippen molar-refractivity contribution in [1.29, 1.82) is 0 Å². The van der Waals surface area contributed by atoms with Gasteiger partial charge in [0.05, 0.1) is 11.4 Å². The second-order valence-corrected chi connectivity index (χ2v) is 7.24. The minimum Gasteiger partial charge on any atom is -0.396 e. The van der Waals surface area contributed by atoms with Gasteiger partial charge in [-0.05, 0) is 43.2 Å². The maximum atomic E-state index is 14.1. The van der Waals surface area contributed by atoms with Gasteiger partial charge in [0.1, 0.15) is 17.5 Å². The molecule has 30 heavy (non-hydrogen) atoms. The van der Waals surface area contributed by atoms with Gasteiger partial charge in [-0.1, -0.05) is 0 Å². The Morgan fingerprint density at radius 3 is 2.70 bits per heavy atom. The van der Waals surface area contributed by atoms with Crippen molar-refractivity contribution in [1.82, 2.24) is 19.9 Å². The van der Waals surface area contributed by atoms with Gasteiger partial charge in [0, 0.05) is 43.0 Å². The van der Waals surface area contributed by atoms with Crippen LogP contribution >= 0.6 is 0 Å². The summed E-state index contributed by atoms with van der Waals surface area (Å²) in [4.78, 5) is 27.3. The molecule has 1 atom stereocenters. The molecule has 2 aromatic heterocycles. The fraction of sp³-hybridized carbons (Fsp3) is 0.238. The Balaban J connectivity index is 1.49. The molecule has 1 aliphatic heterocycles. The Morgan fingerprint density at radius 1 is 1.20 bits per heavy atom. The van der Waals surface area contributed by atoms with E-state index >= 15 is 0 Å². The standard InChI is InChI=1S/C21H20F2N6O/c1-12-9-25-19(26-10-12)13-6-7-29(11-13)21(30)28-20-17(24)4-5-18(27-20)15-3-2-14(22)8-16(15)23/h2-5,8-10,13H,6-7,11,24H2,1H3,(H,27,28,30). The van der Waals surface area contributed by atoms with Crippen LogP contribution < -0.4 is 11.1 Å². The first-order chi connectivity index (χ1) is 14.4. The molecule has 1 aliphatic rings. The molecule has 1 saturated heterocycles. The molecule has 1 unspecified atom stereocenters. The molecule has 3 N–H and O–H groups in total. The number of nitrogen functional groups attached to an aromatic ring is 1. The Hall–Kier alpha value is -3.62. The lowest BCUT2D eigenvalue weighted by Crippen LogP contribution is -2.33. The summed E-state index contributed by atoms with van der Waals surface area (Å²) in [5, 5.41) is 2.69. The van der Waals surface area contributed by atoms with Crippen LogP contribution in [-0.2, 0) is 0 Å². The molecule has 0 spiro atoms. The average molecular weight is 410 g/mol. The number of aryl methyl sites for hydroxylation is 1. The van der Waals surface area contributed by atoms with E-state index in [4.69, 9.17) is 5.73 Å². The third-order valence-electron chi connectivity index (χ3n) is 5.00. The topological polar surface area (TPSA) is 97.0 Å². The van der Waals surface area contributed by atoms with Gasteiger partial charge in [-0.3, -0.25) is 5.32 Å². The van der Waals surface area contributed by atoms with Gasteiger partial charge in [-0.15, -0.1) is 0 Å².